The Kier molecular flexibility index (Phi) is 6.39. The van der Waals surface area contributed by atoms with Crippen LogP contribution < -0.4 is 24.8 Å². The van der Waals surface area contributed by atoms with Crippen LogP contribution in [0.5, 0.6) is 17.2 Å². The number of amides is 1. The van der Waals surface area contributed by atoms with Crippen molar-refractivity contribution in [2.75, 3.05) is 34.4 Å². The Bertz CT molecular complexity index is 927. The molecule has 3 rings (SSSR count). The third kappa shape index (κ3) is 4.20. The molecule has 7 heteroatoms. The molecule has 28 heavy (non-hydrogen) atoms. The molecular formula is C21H25N3O4. The van der Waals surface area contributed by atoms with Crippen LogP contribution in [0, 0.1) is 0 Å². The molecule has 0 saturated carbocycles. The number of aromatic amines is 1. The zero-order valence-electron chi connectivity index (χ0n) is 16.3. The molecule has 0 radical (unpaired) electrons. The van der Waals surface area contributed by atoms with Gasteiger partial charge < -0.3 is 29.8 Å². The molecule has 0 spiro atoms. The van der Waals surface area contributed by atoms with Crippen molar-refractivity contribution in [3.63, 3.8) is 0 Å². The van der Waals surface area contributed by atoms with Crippen molar-refractivity contribution < 1.29 is 19.0 Å². The monoisotopic (exact) mass is 383 g/mol. The summed E-state index contributed by atoms with van der Waals surface area (Å²) in [5.41, 5.74) is 2.77. The molecule has 2 aromatic carbocycles. The molecular weight excluding hydrogens is 358 g/mol. The summed E-state index contributed by atoms with van der Waals surface area (Å²) in [6.45, 7) is 1.87. The second-order valence-corrected chi connectivity index (χ2v) is 6.21. The second kappa shape index (κ2) is 9.14. The lowest BCUT2D eigenvalue weighted by Crippen LogP contribution is -2.31. The highest BCUT2D eigenvalue weighted by Crippen LogP contribution is 2.38. The molecule has 3 aromatic rings. The molecule has 0 aliphatic carbocycles. The van der Waals surface area contributed by atoms with Crippen molar-refractivity contribution in [1.82, 2.24) is 15.6 Å². The predicted molar refractivity (Wildman–Crippen MR) is 108 cm³/mol. The summed E-state index contributed by atoms with van der Waals surface area (Å²) in [5, 5.41) is 7.45. The van der Waals surface area contributed by atoms with Crippen LogP contribution in [0.15, 0.2) is 42.6 Å². The van der Waals surface area contributed by atoms with Gasteiger partial charge in [-0.3, -0.25) is 4.79 Å². The van der Waals surface area contributed by atoms with E-state index < -0.39 is 0 Å². The van der Waals surface area contributed by atoms with Gasteiger partial charge in [0.1, 0.15) is 0 Å². The maximum Gasteiger partial charge on any atom is 0.251 e. The van der Waals surface area contributed by atoms with E-state index in [2.05, 4.69) is 27.8 Å². The Morgan fingerprint density at radius 3 is 2.39 bits per heavy atom. The molecule has 7 nitrogen and oxygen atoms in total. The SMILES string of the molecule is COc1cc(C(=O)NCCNCc2c[nH]c3ccccc23)cc(OC)c1OC. The minimum absolute atomic E-state index is 0.201. The summed E-state index contributed by atoms with van der Waals surface area (Å²) < 4.78 is 15.9. The van der Waals surface area contributed by atoms with E-state index in [-0.39, 0.29) is 5.91 Å². The van der Waals surface area contributed by atoms with Crippen LogP contribution >= 0.6 is 0 Å². The summed E-state index contributed by atoms with van der Waals surface area (Å²) in [7, 11) is 4.57. The molecule has 1 amide bonds. The van der Waals surface area contributed by atoms with E-state index in [1.165, 1.54) is 32.3 Å². The number of H-pyrrole nitrogens is 1. The summed E-state index contributed by atoms with van der Waals surface area (Å²) in [5.74, 6) is 1.16. The average Bonchev–Trinajstić information content (AvgIpc) is 3.15. The molecule has 1 heterocycles. The first-order chi connectivity index (χ1) is 13.7. The number of ether oxygens (including phenoxy) is 3. The van der Waals surface area contributed by atoms with Gasteiger partial charge in [-0.25, -0.2) is 0 Å². The number of benzene rings is 2. The summed E-state index contributed by atoms with van der Waals surface area (Å²) in [6, 6.07) is 11.4. The quantitative estimate of drug-likeness (QED) is 0.495. The first-order valence-electron chi connectivity index (χ1n) is 9.01. The van der Waals surface area contributed by atoms with Crippen molar-refractivity contribution in [3.8, 4) is 17.2 Å². The van der Waals surface area contributed by atoms with E-state index in [1.807, 2.05) is 18.3 Å². The van der Waals surface area contributed by atoms with Crippen molar-refractivity contribution in [3.05, 3.63) is 53.7 Å². The minimum atomic E-state index is -0.201. The van der Waals surface area contributed by atoms with Gasteiger partial charge in [-0.05, 0) is 23.8 Å². The first kappa shape index (κ1) is 19.6. The molecule has 148 valence electrons. The Balaban J connectivity index is 1.53. The summed E-state index contributed by atoms with van der Waals surface area (Å²) in [4.78, 5) is 15.7. The number of hydrogen-bond donors (Lipinski definition) is 3. The highest BCUT2D eigenvalue weighted by atomic mass is 16.5. The number of rotatable bonds is 9. The van der Waals surface area contributed by atoms with E-state index in [4.69, 9.17) is 14.2 Å². The lowest BCUT2D eigenvalue weighted by molar-refractivity contribution is 0.0953. The minimum Gasteiger partial charge on any atom is -0.493 e. The molecule has 0 unspecified atom stereocenters. The number of methoxy groups -OCH3 is 3. The maximum absolute atomic E-state index is 12.5. The molecule has 1 aromatic heterocycles. The first-order valence-corrected chi connectivity index (χ1v) is 9.01. The van der Waals surface area contributed by atoms with Crippen LogP contribution in [-0.4, -0.2) is 45.3 Å². The fourth-order valence-corrected chi connectivity index (χ4v) is 3.08. The Morgan fingerprint density at radius 2 is 1.71 bits per heavy atom. The molecule has 0 saturated heterocycles. The third-order valence-corrected chi connectivity index (χ3v) is 4.50. The number of aromatic nitrogens is 1. The Hall–Kier alpha value is -3.19. The third-order valence-electron chi connectivity index (χ3n) is 4.50. The zero-order valence-corrected chi connectivity index (χ0v) is 16.3. The van der Waals surface area contributed by atoms with Gasteiger partial charge in [-0.2, -0.15) is 0 Å². The topological polar surface area (TPSA) is 84.6 Å². The van der Waals surface area contributed by atoms with Crippen LogP contribution in [0.25, 0.3) is 10.9 Å². The summed E-state index contributed by atoms with van der Waals surface area (Å²) in [6.07, 6.45) is 2.01. The van der Waals surface area contributed by atoms with Gasteiger partial charge in [0.25, 0.3) is 5.91 Å². The molecule has 0 aliphatic rings. The van der Waals surface area contributed by atoms with E-state index in [0.717, 1.165) is 12.1 Å². The number of carbonyl (C=O) groups is 1. The molecule has 0 atom stereocenters. The normalized spacial score (nSPS) is 10.7. The van der Waals surface area contributed by atoms with Gasteiger partial charge in [0.2, 0.25) is 5.75 Å². The standard InChI is InChI=1S/C21H25N3O4/c1-26-18-10-14(11-19(27-2)20(18)28-3)21(25)23-9-8-22-12-15-13-24-17-7-5-4-6-16(15)17/h4-7,10-11,13,22,24H,8-9,12H2,1-3H3,(H,23,25). The number of fused-ring (bicyclic) bond motifs is 1. The zero-order chi connectivity index (χ0) is 19.9. The molecule has 0 aliphatic heterocycles. The van der Waals surface area contributed by atoms with Crippen LogP contribution in [0.4, 0.5) is 0 Å². The van der Waals surface area contributed by atoms with E-state index in [9.17, 15) is 4.79 Å². The fourth-order valence-electron chi connectivity index (χ4n) is 3.08. The van der Waals surface area contributed by atoms with Crippen LogP contribution in [0.1, 0.15) is 15.9 Å². The average molecular weight is 383 g/mol. The smallest absolute Gasteiger partial charge is 0.251 e. The Morgan fingerprint density at radius 1 is 1.00 bits per heavy atom. The highest BCUT2D eigenvalue weighted by molar-refractivity contribution is 5.95. The molecule has 3 N–H and O–H groups in total. The lowest BCUT2D eigenvalue weighted by atomic mass is 10.1. The van der Waals surface area contributed by atoms with Crippen molar-refractivity contribution in [1.29, 1.82) is 0 Å². The second-order valence-electron chi connectivity index (χ2n) is 6.21. The van der Waals surface area contributed by atoms with Crippen molar-refractivity contribution >= 4 is 16.8 Å². The number of hydrogen-bond acceptors (Lipinski definition) is 5. The number of para-hydroxylation sites is 1. The van der Waals surface area contributed by atoms with Crippen LogP contribution in [0.3, 0.4) is 0 Å². The van der Waals surface area contributed by atoms with Gasteiger partial charge >= 0.3 is 0 Å². The maximum atomic E-state index is 12.5. The fraction of sp³-hybridized carbons (Fsp3) is 0.286. The lowest BCUT2D eigenvalue weighted by Gasteiger charge is -2.14. The largest absolute Gasteiger partial charge is 0.493 e. The summed E-state index contributed by atoms with van der Waals surface area (Å²) >= 11 is 0. The molecule has 0 bridgehead atoms. The van der Waals surface area contributed by atoms with Crippen molar-refractivity contribution in [2.24, 2.45) is 0 Å². The van der Waals surface area contributed by atoms with Gasteiger partial charge in [-0.1, -0.05) is 18.2 Å². The van der Waals surface area contributed by atoms with Gasteiger partial charge in [0.15, 0.2) is 11.5 Å². The van der Waals surface area contributed by atoms with Gasteiger partial charge in [0, 0.05) is 42.3 Å². The number of nitrogens with one attached hydrogen (secondary N) is 3. The van der Waals surface area contributed by atoms with Crippen LogP contribution in [-0.2, 0) is 6.54 Å². The van der Waals surface area contributed by atoms with E-state index in [1.54, 1.807) is 12.1 Å². The van der Waals surface area contributed by atoms with Gasteiger partial charge in [-0.15, -0.1) is 0 Å². The van der Waals surface area contributed by atoms with E-state index >= 15 is 0 Å². The highest BCUT2D eigenvalue weighted by Gasteiger charge is 2.16. The van der Waals surface area contributed by atoms with Crippen molar-refractivity contribution in [2.45, 2.75) is 6.54 Å². The van der Waals surface area contributed by atoms with E-state index in [0.29, 0.717) is 35.9 Å². The Labute approximate surface area is 164 Å². The van der Waals surface area contributed by atoms with Gasteiger partial charge in [0.05, 0.1) is 21.3 Å². The molecule has 0 fully saturated rings. The number of carbonyl (C=O) groups excluding carboxylic acids is 1. The predicted octanol–water partition coefficient (Wildman–Crippen LogP) is 2.71. The van der Waals surface area contributed by atoms with Crippen LogP contribution in [0.2, 0.25) is 0 Å².